The smallest absolute Gasteiger partial charge is 0.337 e. The van der Waals surface area contributed by atoms with Gasteiger partial charge in [-0.25, -0.2) is 9.59 Å². The number of hydrogen-bond donors (Lipinski definition) is 5. The van der Waals surface area contributed by atoms with E-state index in [0.29, 0.717) is 6.42 Å². The lowest BCUT2D eigenvalue weighted by Crippen LogP contribution is -2.50. The van der Waals surface area contributed by atoms with Crippen LogP contribution in [0.5, 0.6) is 0 Å². The predicted octanol–water partition coefficient (Wildman–Crippen LogP) is 0.979. The van der Waals surface area contributed by atoms with Crippen molar-refractivity contribution < 1.29 is 39.9 Å². The first kappa shape index (κ1) is 24.8. The van der Waals surface area contributed by atoms with Crippen LogP contribution in [0.25, 0.3) is 0 Å². The second-order valence-electron chi connectivity index (χ2n) is 6.56. The van der Waals surface area contributed by atoms with E-state index in [9.17, 15) is 24.9 Å². The molecular weight excluding hydrogens is 344 g/mol. The van der Waals surface area contributed by atoms with Gasteiger partial charge < -0.3 is 30.3 Å². The number of carboxylic acid groups (broad SMARTS) is 1. The maximum Gasteiger partial charge on any atom is 0.337 e. The van der Waals surface area contributed by atoms with Gasteiger partial charge >= 0.3 is 11.9 Å². The number of carbonyl (C=O) groups excluding carboxylic acids is 1. The molecule has 0 aromatic carbocycles. The van der Waals surface area contributed by atoms with Gasteiger partial charge in [0.15, 0.2) is 12.2 Å². The quantitative estimate of drug-likeness (QED) is 0.197. The molecule has 0 aromatic heterocycles. The molecule has 26 heavy (non-hydrogen) atoms. The summed E-state index contributed by atoms with van der Waals surface area (Å²) in [7, 11) is 0. The normalized spacial score (nSPS) is 15.9. The molecule has 0 rings (SSSR count). The van der Waals surface area contributed by atoms with Crippen LogP contribution in [0.2, 0.25) is 0 Å². The summed E-state index contributed by atoms with van der Waals surface area (Å²) in [5.74, 6) is -2.94. The topological polar surface area (TPSA) is 145 Å². The molecule has 0 saturated carbocycles. The van der Waals surface area contributed by atoms with Gasteiger partial charge in [0.1, 0.15) is 12.2 Å². The van der Waals surface area contributed by atoms with Crippen molar-refractivity contribution in [3.05, 3.63) is 0 Å². The van der Waals surface area contributed by atoms with Crippen LogP contribution in [-0.4, -0.2) is 68.5 Å². The maximum atomic E-state index is 11.6. The Balaban J connectivity index is 3.76. The average Bonchev–Trinajstić information content (AvgIpc) is 2.63. The minimum atomic E-state index is -2.31. The number of ether oxygens (including phenoxy) is 1. The number of carboxylic acids is 1. The molecule has 154 valence electrons. The lowest BCUT2D eigenvalue weighted by Gasteiger charge is -2.23. The number of unbranched alkanes of at least 4 members (excludes halogenated alkanes) is 9. The van der Waals surface area contributed by atoms with Crippen LogP contribution in [0.15, 0.2) is 0 Å². The molecule has 0 aromatic rings. The van der Waals surface area contributed by atoms with Crippen molar-refractivity contribution in [3.8, 4) is 0 Å². The molecule has 0 bridgehead atoms. The Labute approximate surface area is 154 Å². The number of rotatable bonds is 16. The van der Waals surface area contributed by atoms with Gasteiger partial charge in [0.2, 0.25) is 0 Å². The van der Waals surface area contributed by atoms with Gasteiger partial charge in [0.05, 0.1) is 6.61 Å². The first-order valence-corrected chi connectivity index (χ1v) is 9.44. The van der Waals surface area contributed by atoms with E-state index < -0.39 is 36.4 Å². The third-order valence-electron chi connectivity index (χ3n) is 4.23. The predicted molar refractivity (Wildman–Crippen MR) is 94.5 cm³/mol. The zero-order valence-corrected chi connectivity index (χ0v) is 15.5. The number of carbonyl (C=O) groups is 2. The molecule has 0 fully saturated rings. The molecule has 0 spiro atoms. The van der Waals surface area contributed by atoms with Crippen LogP contribution in [0.4, 0.5) is 0 Å². The zero-order chi connectivity index (χ0) is 19.9. The Kier molecular flexibility index (Phi) is 14.2. The van der Waals surface area contributed by atoms with Crippen molar-refractivity contribution in [3.63, 3.8) is 0 Å². The minimum Gasteiger partial charge on any atom is -0.479 e. The molecule has 0 aliphatic rings. The minimum absolute atomic E-state index is 0.0662. The molecule has 8 nitrogen and oxygen atoms in total. The molecule has 0 aliphatic carbocycles. The summed E-state index contributed by atoms with van der Waals surface area (Å²) in [6.07, 6.45) is 2.38. The average molecular weight is 378 g/mol. The third-order valence-corrected chi connectivity index (χ3v) is 4.23. The summed E-state index contributed by atoms with van der Waals surface area (Å²) in [4.78, 5) is 22.1. The molecule has 0 aliphatic heterocycles. The molecule has 8 heteroatoms. The molecule has 0 unspecified atom stereocenters. The fourth-order valence-corrected chi connectivity index (χ4v) is 2.51. The number of aliphatic hydroxyl groups is 4. The Morgan fingerprint density at radius 3 is 1.62 bits per heavy atom. The van der Waals surface area contributed by atoms with E-state index in [-0.39, 0.29) is 6.61 Å². The molecule has 0 saturated heterocycles. The van der Waals surface area contributed by atoms with Crippen LogP contribution in [0, 0.1) is 0 Å². The van der Waals surface area contributed by atoms with Crippen LogP contribution in [0.1, 0.15) is 71.1 Å². The highest BCUT2D eigenvalue weighted by Crippen LogP contribution is 2.11. The van der Waals surface area contributed by atoms with Crippen molar-refractivity contribution in [2.45, 2.75) is 95.5 Å². The van der Waals surface area contributed by atoms with E-state index in [1.165, 1.54) is 38.5 Å². The van der Waals surface area contributed by atoms with Gasteiger partial charge in [-0.05, 0) is 6.42 Å². The van der Waals surface area contributed by atoms with Crippen LogP contribution in [-0.2, 0) is 14.3 Å². The molecular formula is C18H34O8. The molecule has 5 N–H and O–H groups in total. The molecule has 4 atom stereocenters. The first-order valence-electron chi connectivity index (χ1n) is 9.44. The van der Waals surface area contributed by atoms with Gasteiger partial charge in [0, 0.05) is 0 Å². The lowest BCUT2D eigenvalue weighted by molar-refractivity contribution is -0.176. The Morgan fingerprint density at radius 1 is 0.731 bits per heavy atom. The van der Waals surface area contributed by atoms with E-state index >= 15 is 0 Å². The van der Waals surface area contributed by atoms with Crippen molar-refractivity contribution >= 4 is 11.9 Å². The zero-order valence-electron chi connectivity index (χ0n) is 15.5. The van der Waals surface area contributed by atoms with E-state index in [1.807, 2.05) is 0 Å². The largest absolute Gasteiger partial charge is 0.479 e. The maximum absolute atomic E-state index is 11.6. The van der Waals surface area contributed by atoms with Gasteiger partial charge in [-0.1, -0.05) is 64.7 Å². The van der Waals surface area contributed by atoms with Crippen LogP contribution in [0.3, 0.4) is 0 Å². The number of esters is 1. The van der Waals surface area contributed by atoms with E-state index in [2.05, 4.69) is 6.92 Å². The van der Waals surface area contributed by atoms with E-state index in [1.54, 1.807) is 0 Å². The third kappa shape index (κ3) is 10.7. The lowest BCUT2D eigenvalue weighted by atomic mass is 10.0. The monoisotopic (exact) mass is 378 g/mol. The molecule has 0 amide bonds. The first-order chi connectivity index (χ1) is 12.3. The van der Waals surface area contributed by atoms with E-state index in [0.717, 1.165) is 19.3 Å². The summed E-state index contributed by atoms with van der Waals surface area (Å²) in [6.45, 7) is 2.25. The van der Waals surface area contributed by atoms with E-state index in [4.69, 9.17) is 14.9 Å². The fourth-order valence-electron chi connectivity index (χ4n) is 2.51. The Bertz CT molecular complexity index is 387. The Hall–Kier alpha value is -1.22. The van der Waals surface area contributed by atoms with Crippen molar-refractivity contribution in [1.82, 2.24) is 0 Å². The van der Waals surface area contributed by atoms with Crippen LogP contribution < -0.4 is 0 Å². The second kappa shape index (κ2) is 14.9. The van der Waals surface area contributed by atoms with Gasteiger partial charge in [-0.2, -0.15) is 0 Å². The van der Waals surface area contributed by atoms with Crippen LogP contribution >= 0.6 is 0 Å². The number of hydrogen-bond acceptors (Lipinski definition) is 7. The highest BCUT2D eigenvalue weighted by atomic mass is 16.5. The second-order valence-corrected chi connectivity index (χ2v) is 6.56. The fraction of sp³-hybridized carbons (Fsp3) is 0.889. The Morgan fingerprint density at radius 2 is 1.15 bits per heavy atom. The summed E-state index contributed by atoms with van der Waals surface area (Å²) >= 11 is 0. The van der Waals surface area contributed by atoms with Crippen molar-refractivity contribution in [2.75, 3.05) is 6.61 Å². The highest BCUT2D eigenvalue weighted by Gasteiger charge is 2.38. The number of aliphatic carboxylic acids is 1. The van der Waals surface area contributed by atoms with Gasteiger partial charge in [-0.15, -0.1) is 0 Å². The van der Waals surface area contributed by atoms with Gasteiger partial charge in [0.25, 0.3) is 0 Å². The molecule has 0 heterocycles. The SMILES string of the molecule is CCCCCCCCCCCCOC(=O)[C@H](O)[C@@H](O)[C@H](O)[C@H](O)C(=O)O. The summed E-state index contributed by atoms with van der Waals surface area (Å²) in [6, 6.07) is 0. The van der Waals surface area contributed by atoms with Gasteiger partial charge in [-0.3, -0.25) is 0 Å². The standard InChI is InChI=1S/C18H34O8/c1-2-3-4-5-6-7-8-9-10-11-12-26-18(25)16(22)14(20)13(19)15(21)17(23)24/h13-16,19-22H,2-12H2,1H3,(H,23,24)/t13-,14-,15-,16+/m0/s1. The highest BCUT2D eigenvalue weighted by molar-refractivity contribution is 5.76. The van der Waals surface area contributed by atoms with Crippen molar-refractivity contribution in [2.24, 2.45) is 0 Å². The summed E-state index contributed by atoms with van der Waals surface area (Å²) in [5.41, 5.74) is 0. The summed E-state index contributed by atoms with van der Waals surface area (Å²) < 4.78 is 4.80. The molecule has 0 radical (unpaired) electrons. The van der Waals surface area contributed by atoms with Crippen molar-refractivity contribution in [1.29, 1.82) is 0 Å². The summed E-state index contributed by atoms with van der Waals surface area (Å²) in [5, 5.41) is 46.1. The number of aliphatic hydroxyl groups excluding tert-OH is 4.